The Balaban J connectivity index is 2.57. The van der Waals surface area contributed by atoms with Gasteiger partial charge in [-0.25, -0.2) is 22.9 Å². The molecule has 94 valence electrons. The van der Waals surface area contributed by atoms with Crippen LogP contribution in [0.5, 0.6) is 0 Å². The summed E-state index contributed by atoms with van der Waals surface area (Å²) in [6.07, 6.45) is 4.80. The van der Waals surface area contributed by atoms with Crippen LogP contribution in [0.15, 0.2) is 35.6 Å². The number of aromatic nitrogens is 3. The molecule has 0 bridgehead atoms. The molecule has 1 N–H and O–H groups in total. The molecule has 8 heteroatoms. The van der Waals surface area contributed by atoms with Gasteiger partial charge in [-0.05, 0) is 12.1 Å². The van der Waals surface area contributed by atoms with Gasteiger partial charge in [-0.1, -0.05) is 0 Å². The van der Waals surface area contributed by atoms with E-state index >= 15 is 0 Å². The molecule has 0 fully saturated rings. The van der Waals surface area contributed by atoms with E-state index in [1.165, 1.54) is 23.1 Å². The molecule has 0 aliphatic carbocycles. The van der Waals surface area contributed by atoms with Crippen molar-refractivity contribution >= 4 is 15.8 Å². The highest BCUT2D eigenvalue weighted by Crippen LogP contribution is 2.14. The van der Waals surface area contributed by atoms with E-state index in [-0.39, 0.29) is 16.3 Å². The largest absolute Gasteiger partial charge is 0.476 e. The number of sulfone groups is 1. The van der Waals surface area contributed by atoms with Crippen LogP contribution < -0.4 is 0 Å². The van der Waals surface area contributed by atoms with Gasteiger partial charge in [0.05, 0.1) is 11.9 Å². The highest BCUT2D eigenvalue weighted by molar-refractivity contribution is 7.90. The summed E-state index contributed by atoms with van der Waals surface area (Å²) in [4.78, 5) is 14.7. The predicted octanol–water partition coefficient (Wildman–Crippen LogP) is 0.369. The van der Waals surface area contributed by atoms with E-state index in [1.807, 2.05) is 0 Å². The molecule has 0 aromatic carbocycles. The molecule has 18 heavy (non-hydrogen) atoms. The lowest BCUT2D eigenvalue weighted by atomic mass is 10.3. The zero-order chi connectivity index (χ0) is 13.3. The lowest BCUT2D eigenvalue weighted by molar-refractivity contribution is 0.0690. The van der Waals surface area contributed by atoms with Crippen molar-refractivity contribution in [2.45, 2.75) is 4.90 Å². The van der Waals surface area contributed by atoms with E-state index < -0.39 is 15.8 Å². The molecule has 7 nitrogen and oxygen atoms in total. The molecule has 2 aromatic rings. The van der Waals surface area contributed by atoms with Crippen molar-refractivity contribution < 1.29 is 18.3 Å². The number of rotatable bonds is 3. The molecule has 0 aliphatic rings. The van der Waals surface area contributed by atoms with E-state index in [0.29, 0.717) is 0 Å². The second kappa shape index (κ2) is 4.22. The third-order valence-electron chi connectivity index (χ3n) is 2.22. The fraction of sp³-hybridized carbons (Fsp3) is 0.100. The number of hydrogen-bond donors (Lipinski definition) is 1. The Morgan fingerprint density at radius 2 is 2.17 bits per heavy atom. The number of nitrogens with zero attached hydrogens (tertiary/aromatic N) is 3. The number of hydrogen-bond acceptors (Lipinski definition) is 5. The molecule has 0 spiro atoms. The minimum atomic E-state index is -3.37. The van der Waals surface area contributed by atoms with Gasteiger partial charge < -0.3 is 5.11 Å². The van der Waals surface area contributed by atoms with Gasteiger partial charge in [0, 0.05) is 18.6 Å². The van der Waals surface area contributed by atoms with Crippen LogP contribution in [0.1, 0.15) is 10.5 Å². The molecule has 0 atom stereocenters. The van der Waals surface area contributed by atoms with Gasteiger partial charge in [-0.3, -0.25) is 0 Å². The molecular weight excluding hydrogens is 258 g/mol. The normalized spacial score (nSPS) is 11.4. The quantitative estimate of drug-likeness (QED) is 0.861. The van der Waals surface area contributed by atoms with Gasteiger partial charge in [0.25, 0.3) is 0 Å². The Kier molecular flexibility index (Phi) is 2.87. The number of aromatic carboxylic acids is 1. The summed E-state index contributed by atoms with van der Waals surface area (Å²) in [6.45, 7) is 0. The molecule has 0 amide bonds. The Morgan fingerprint density at radius 3 is 2.72 bits per heavy atom. The predicted molar refractivity (Wildman–Crippen MR) is 61.4 cm³/mol. The first kappa shape index (κ1) is 12.2. The number of pyridine rings is 1. The molecular formula is C10H9N3O4S. The minimum absolute atomic E-state index is 0.0164. The third kappa shape index (κ3) is 2.23. The second-order valence-corrected chi connectivity index (χ2v) is 5.58. The standard InChI is InChI=1S/C10H9N3O4S/c1-18(16,17)7-5-12-13(6-7)8-3-2-4-11-9(8)10(14)15/h2-6H,1H3,(H,14,15). The van der Waals surface area contributed by atoms with Gasteiger partial charge in [-0.15, -0.1) is 0 Å². The smallest absolute Gasteiger partial charge is 0.356 e. The summed E-state index contributed by atoms with van der Waals surface area (Å²) in [7, 11) is -3.37. The van der Waals surface area contributed by atoms with Crippen molar-refractivity contribution in [1.82, 2.24) is 14.8 Å². The van der Waals surface area contributed by atoms with Gasteiger partial charge in [0.1, 0.15) is 4.90 Å². The highest BCUT2D eigenvalue weighted by Gasteiger charge is 2.16. The van der Waals surface area contributed by atoms with Crippen LogP contribution in [0, 0.1) is 0 Å². The molecule has 0 radical (unpaired) electrons. The van der Waals surface area contributed by atoms with Crippen LogP contribution in [-0.4, -0.2) is 40.5 Å². The van der Waals surface area contributed by atoms with Gasteiger partial charge >= 0.3 is 5.97 Å². The number of carbonyl (C=O) groups is 1. The topological polar surface area (TPSA) is 102 Å². The van der Waals surface area contributed by atoms with Gasteiger partial charge in [-0.2, -0.15) is 5.10 Å². The molecule has 2 heterocycles. The molecule has 0 saturated carbocycles. The van der Waals surface area contributed by atoms with E-state index in [1.54, 1.807) is 6.07 Å². The van der Waals surface area contributed by atoms with Crippen LogP contribution in [0.2, 0.25) is 0 Å². The van der Waals surface area contributed by atoms with Gasteiger partial charge in [0.15, 0.2) is 15.5 Å². The van der Waals surface area contributed by atoms with Gasteiger partial charge in [0.2, 0.25) is 0 Å². The summed E-state index contributed by atoms with van der Waals surface area (Å²) in [5.41, 5.74) is 0.0144. The van der Waals surface area contributed by atoms with E-state index in [0.717, 1.165) is 12.5 Å². The molecule has 0 aliphatic heterocycles. The number of carboxylic acid groups (broad SMARTS) is 1. The maximum absolute atomic E-state index is 11.3. The first-order valence-corrected chi connectivity index (χ1v) is 6.72. The summed E-state index contributed by atoms with van der Waals surface area (Å²) < 4.78 is 23.8. The van der Waals surface area contributed by atoms with Crippen molar-refractivity contribution in [3.05, 3.63) is 36.4 Å². The van der Waals surface area contributed by atoms with E-state index in [9.17, 15) is 13.2 Å². The summed E-state index contributed by atoms with van der Waals surface area (Å²) in [6, 6.07) is 3.04. The van der Waals surface area contributed by atoms with E-state index in [4.69, 9.17) is 5.11 Å². The zero-order valence-corrected chi connectivity index (χ0v) is 10.1. The lowest BCUT2D eigenvalue weighted by Gasteiger charge is -2.03. The third-order valence-corrected chi connectivity index (χ3v) is 3.29. The van der Waals surface area contributed by atoms with Crippen LogP contribution >= 0.6 is 0 Å². The number of carboxylic acids is 1. The maximum atomic E-state index is 11.3. The average molecular weight is 267 g/mol. The van der Waals surface area contributed by atoms with Crippen LogP contribution in [0.4, 0.5) is 0 Å². The Morgan fingerprint density at radius 1 is 1.44 bits per heavy atom. The molecule has 2 rings (SSSR count). The van der Waals surface area contributed by atoms with Crippen molar-refractivity contribution in [2.24, 2.45) is 0 Å². The summed E-state index contributed by atoms with van der Waals surface area (Å²) in [5, 5.41) is 12.8. The minimum Gasteiger partial charge on any atom is -0.476 e. The first-order chi connectivity index (χ1) is 8.39. The van der Waals surface area contributed by atoms with Crippen LogP contribution in [0.25, 0.3) is 5.69 Å². The summed E-state index contributed by atoms with van der Waals surface area (Å²) >= 11 is 0. The second-order valence-electron chi connectivity index (χ2n) is 3.57. The first-order valence-electron chi connectivity index (χ1n) is 4.83. The molecule has 2 aromatic heterocycles. The Hall–Kier alpha value is -2.22. The fourth-order valence-corrected chi connectivity index (χ4v) is 1.91. The van der Waals surface area contributed by atoms with Crippen LogP contribution in [0.3, 0.4) is 0 Å². The Labute approximate surface area is 103 Å². The average Bonchev–Trinajstić information content (AvgIpc) is 2.77. The Bertz CT molecular complexity index is 705. The molecule has 0 saturated heterocycles. The SMILES string of the molecule is CS(=O)(=O)c1cnn(-c2cccnc2C(=O)O)c1. The summed E-state index contributed by atoms with van der Waals surface area (Å²) in [5.74, 6) is -1.21. The zero-order valence-electron chi connectivity index (χ0n) is 9.31. The highest BCUT2D eigenvalue weighted by atomic mass is 32.2. The fourth-order valence-electron chi connectivity index (χ4n) is 1.38. The van der Waals surface area contributed by atoms with Crippen LogP contribution in [-0.2, 0) is 9.84 Å². The molecule has 0 unspecified atom stereocenters. The van der Waals surface area contributed by atoms with Crippen molar-refractivity contribution in [3.8, 4) is 5.69 Å². The van der Waals surface area contributed by atoms with Crippen molar-refractivity contribution in [1.29, 1.82) is 0 Å². The van der Waals surface area contributed by atoms with E-state index in [2.05, 4.69) is 10.1 Å². The van der Waals surface area contributed by atoms with Crippen molar-refractivity contribution in [2.75, 3.05) is 6.26 Å². The van der Waals surface area contributed by atoms with Crippen molar-refractivity contribution in [3.63, 3.8) is 0 Å². The maximum Gasteiger partial charge on any atom is 0.356 e. The lowest BCUT2D eigenvalue weighted by Crippen LogP contribution is -2.08. The monoisotopic (exact) mass is 267 g/mol.